The average Bonchev–Trinajstić information content (AvgIpc) is 2.68. The minimum Gasteiger partial charge on any atom is -0.352 e. The predicted octanol–water partition coefficient (Wildman–Crippen LogP) is 2.98. The van der Waals surface area contributed by atoms with Gasteiger partial charge in [0.15, 0.2) is 5.96 Å². The first-order chi connectivity index (χ1) is 13.8. The molecule has 6 nitrogen and oxygen atoms in total. The molecule has 1 amide bonds. The number of nitrogens with one attached hydrogen (secondary N) is 2. The molecule has 170 valence electrons. The molecule has 0 saturated carbocycles. The van der Waals surface area contributed by atoms with Crippen molar-refractivity contribution < 1.29 is 18.0 Å². The SMILES string of the molecule is CN=C(NCC(=O)N(C)CC(F)(F)F)NCc1ccc(CN2CCCCC2)cc1.I. The lowest BCUT2D eigenvalue weighted by Gasteiger charge is -2.26. The average molecular weight is 541 g/mol. The maximum absolute atomic E-state index is 12.3. The number of benzene rings is 1. The Kier molecular flexibility index (Phi) is 11.5. The summed E-state index contributed by atoms with van der Waals surface area (Å²) < 4.78 is 37.0. The van der Waals surface area contributed by atoms with Crippen LogP contribution in [0.1, 0.15) is 30.4 Å². The maximum atomic E-state index is 12.3. The number of hydrogen-bond donors (Lipinski definition) is 2. The van der Waals surface area contributed by atoms with Gasteiger partial charge in [-0.05, 0) is 37.1 Å². The van der Waals surface area contributed by atoms with Gasteiger partial charge in [0.1, 0.15) is 6.54 Å². The van der Waals surface area contributed by atoms with Gasteiger partial charge in [0.25, 0.3) is 0 Å². The molecular formula is C20H31F3IN5O. The fraction of sp³-hybridized carbons (Fsp3) is 0.600. The van der Waals surface area contributed by atoms with Crippen molar-refractivity contribution in [3.63, 3.8) is 0 Å². The highest BCUT2D eigenvalue weighted by atomic mass is 127. The van der Waals surface area contributed by atoms with Crippen LogP contribution in [0, 0.1) is 0 Å². The van der Waals surface area contributed by atoms with Crippen LogP contribution >= 0.6 is 24.0 Å². The zero-order valence-corrected chi connectivity index (χ0v) is 19.8. The number of halogens is 4. The Morgan fingerprint density at radius 1 is 1.10 bits per heavy atom. The summed E-state index contributed by atoms with van der Waals surface area (Å²) in [5.74, 6) is -0.302. The Balaban J connectivity index is 0.00000450. The summed E-state index contributed by atoms with van der Waals surface area (Å²) in [5.41, 5.74) is 2.33. The number of aliphatic imine (C=N–C) groups is 1. The number of carbonyl (C=O) groups is 1. The van der Waals surface area contributed by atoms with Crippen LogP contribution in [-0.4, -0.2) is 68.1 Å². The van der Waals surface area contributed by atoms with Crippen molar-refractivity contribution in [3.05, 3.63) is 35.4 Å². The van der Waals surface area contributed by atoms with Crippen LogP contribution in [0.5, 0.6) is 0 Å². The lowest BCUT2D eigenvalue weighted by molar-refractivity contribution is -0.157. The molecule has 1 saturated heterocycles. The number of rotatable bonds is 7. The van der Waals surface area contributed by atoms with E-state index in [1.807, 2.05) is 12.1 Å². The second-order valence-corrected chi connectivity index (χ2v) is 7.30. The molecule has 10 heteroatoms. The fourth-order valence-electron chi connectivity index (χ4n) is 3.20. The number of likely N-dealkylation sites (tertiary alicyclic amines) is 1. The molecule has 0 bridgehead atoms. The third-order valence-corrected chi connectivity index (χ3v) is 4.81. The van der Waals surface area contributed by atoms with Crippen molar-refractivity contribution in [3.8, 4) is 0 Å². The van der Waals surface area contributed by atoms with E-state index in [9.17, 15) is 18.0 Å². The highest BCUT2D eigenvalue weighted by molar-refractivity contribution is 14.0. The second-order valence-electron chi connectivity index (χ2n) is 7.30. The van der Waals surface area contributed by atoms with Gasteiger partial charge in [-0.1, -0.05) is 30.7 Å². The first-order valence-electron chi connectivity index (χ1n) is 9.82. The van der Waals surface area contributed by atoms with E-state index in [1.165, 1.54) is 24.8 Å². The molecule has 1 aromatic carbocycles. The smallest absolute Gasteiger partial charge is 0.352 e. The Bertz CT molecular complexity index is 676. The summed E-state index contributed by atoms with van der Waals surface area (Å²) in [7, 11) is 2.67. The van der Waals surface area contributed by atoms with Crippen molar-refractivity contribution in [2.45, 2.75) is 38.5 Å². The van der Waals surface area contributed by atoms with Gasteiger partial charge < -0.3 is 15.5 Å². The molecular weight excluding hydrogens is 510 g/mol. The van der Waals surface area contributed by atoms with Crippen molar-refractivity contribution in [2.75, 3.05) is 40.3 Å². The minimum atomic E-state index is -4.41. The Hall–Kier alpha value is -1.56. The summed E-state index contributed by atoms with van der Waals surface area (Å²) >= 11 is 0. The summed E-state index contributed by atoms with van der Waals surface area (Å²) in [6.45, 7) is 2.23. The van der Waals surface area contributed by atoms with Gasteiger partial charge in [0.2, 0.25) is 5.91 Å². The summed E-state index contributed by atoms with van der Waals surface area (Å²) in [4.78, 5) is 18.9. The molecule has 0 unspecified atom stereocenters. The third-order valence-electron chi connectivity index (χ3n) is 4.81. The number of alkyl halides is 3. The van der Waals surface area contributed by atoms with Crippen molar-refractivity contribution in [2.24, 2.45) is 4.99 Å². The van der Waals surface area contributed by atoms with E-state index < -0.39 is 18.6 Å². The molecule has 1 heterocycles. The van der Waals surface area contributed by atoms with E-state index in [-0.39, 0.29) is 30.5 Å². The standard InChI is InChI=1S/C20H30F3N5O.HI/c1-24-19(26-13-18(29)27(2)15-20(21,22)23)25-12-16-6-8-17(9-7-16)14-28-10-4-3-5-11-28;/h6-9H,3-5,10-15H2,1-2H3,(H2,24,25,26);1H. The second kappa shape index (κ2) is 13.0. The van der Waals surface area contributed by atoms with E-state index in [0.717, 1.165) is 32.2 Å². The van der Waals surface area contributed by atoms with Crippen LogP contribution in [-0.2, 0) is 17.9 Å². The number of carbonyl (C=O) groups excluding carboxylic acids is 1. The van der Waals surface area contributed by atoms with E-state index in [0.29, 0.717) is 17.4 Å². The normalized spacial score (nSPS) is 15.3. The van der Waals surface area contributed by atoms with Gasteiger partial charge in [-0.25, -0.2) is 0 Å². The first kappa shape index (κ1) is 26.5. The lowest BCUT2D eigenvalue weighted by atomic mass is 10.1. The Morgan fingerprint density at radius 2 is 1.70 bits per heavy atom. The quantitative estimate of drug-likeness (QED) is 0.317. The fourth-order valence-corrected chi connectivity index (χ4v) is 3.20. The molecule has 1 aliphatic heterocycles. The maximum Gasteiger partial charge on any atom is 0.406 e. The molecule has 0 atom stereocenters. The van der Waals surface area contributed by atoms with E-state index in [2.05, 4.69) is 32.7 Å². The predicted molar refractivity (Wildman–Crippen MR) is 123 cm³/mol. The monoisotopic (exact) mass is 541 g/mol. The molecule has 1 aliphatic rings. The van der Waals surface area contributed by atoms with Gasteiger partial charge in [0.05, 0.1) is 6.54 Å². The van der Waals surface area contributed by atoms with Crippen molar-refractivity contribution >= 4 is 35.8 Å². The zero-order valence-electron chi connectivity index (χ0n) is 17.5. The van der Waals surface area contributed by atoms with E-state index >= 15 is 0 Å². The van der Waals surface area contributed by atoms with Gasteiger partial charge in [-0.3, -0.25) is 14.7 Å². The van der Waals surface area contributed by atoms with Crippen LogP contribution in [0.25, 0.3) is 0 Å². The van der Waals surface area contributed by atoms with Gasteiger partial charge in [0, 0.05) is 27.2 Å². The molecule has 2 N–H and O–H groups in total. The molecule has 2 rings (SSSR count). The molecule has 0 aromatic heterocycles. The van der Waals surface area contributed by atoms with Crippen LogP contribution in [0.4, 0.5) is 13.2 Å². The molecule has 1 fully saturated rings. The molecule has 0 spiro atoms. The number of nitrogens with zero attached hydrogens (tertiary/aromatic N) is 3. The number of amides is 1. The molecule has 1 aromatic rings. The molecule has 0 aliphatic carbocycles. The largest absolute Gasteiger partial charge is 0.406 e. The number of hydrogen-bond acceptors (Lipinski definition) is 3. The van der Waals surface area contributed by atoms with E-state index in [4.69, 9.17) is 0 Å². The minimum absolute atomic E-state index is 0. The molecule has 0 radical (unpaired) electrons. The van der Waals surface area contributed by atoms with Crippen LogP contribution in [0.2, 0.25) is 0 Å². The topological polar surface area (TPSA) is 60.0 Å². The highest BCUT2D eigenvalue weighted by Crippen LogP contribution is 2.15. The van der Waals surface area contributed by atoms with E-state index in [1.54, 1.807) is 7.05 Å². The Morgan fingerprint density at radius 3 is 2.27 bits per heavy atom. The van der Waals surface area contributed by atoms with Crippen LogP contribution < -0.4 is 10.6 Å². The lowest BCUT2D eigenvalue weighted by Crippen LogP contribution is -2.45. The first-order valence-corrected chi connectivity index (χ1v) is 9.82. The van der Waals surface area contributed by atoms with Gasteiger partial charge in [-0.15, -0.1) is 24.0 Å². The highest BCUT2D eigenvalue weighted by Gasteiger charge is 2.31. The van der Waals surface area contributed by atoms with Crippen molar-refractivity contribution in [1.82, 2.24) is 20.4 Å². The van der Waals surface area contributed by atoms with Gasteiger partial charge >= 0.3 is 6.18 Å². The zero-order chi connectivity index (χ0) is 21.3. The molecule has 30 heavy (non-hydrogen) atoms. The summed E-state index contributed by atoms with van der Waals surface area (Å²) in [5, 5.41) is 5.81. The van der Waals surface area contributed by atoms with Gasteiger partial charge in [-0.2, -0.15) is 13.2 Å². The Labute approximate surface area is 193 Å². The summed E-state index contributed by atoms with van der Waals surface area (Å²) in [6.07, 6.45) is -0.559. The number of likely N-dealkylation sites (N-methyl/N-ethyl adjacent to an activating group) is 1. The van der Waals surface area contributed by atoms with Crippen LogP contribution in [0.3, 0.4) is 0 Å². The van der Waals surface area contributed by atoms with Crippen molar-refractivity contribution in [1.29, 1.82) is 0 Å². The summed E-state index contributed by atoms with van der Waals surface area (Å²) in [6, 6.07) is 8.30. The third kappa shape index (κ3) is 9.96. The number of guanidine groups is 1. The number of piperidine rings is 1. The van der Waals surface area contributed by atoms with Crippen LogP contribution in [0.15, 0.2) is 29.3 Å².